The highest BCUT2D eigenvalue weighted by Gasteiger charge is 2.20. The second-order valence-electron chi connectivity index (χ2n) is 4.90. The predicted molar refractivity (Wildman–Crippen MR) is 82.9 cm³/mol. The molecule has 0 atom stereocenters. The lowest BCUT2D eigenvalue weighted by Gasteiger charge is -2.35. The Hall–Kier alpha value is -1.89. The molecule has 2 aromatic rings. The third-order valence-corrected chi connectivity index (χ3v) is 4.15. The molecule has 106 valence electrons. The number of anilines is 3. The second-order valence-corrected chi connectivity index (χ2v) is 5.77. The number of rotatable bonds is 3. The predicted octanol–water partition coefficient (Wildman–Crippen LogP) is 1.33. The van der Waals surface area contributed by atoms with Crippen molar-refractivity contribution >= 4 is 28.2 Å². The maximum atomic E-state index is 4.59. The zero-order valence-corrected chi connectivity index (χ0v) is 12.5. The molecular weight excluding hydrogens is 272 g/mol. The normalized spacial score (nSPS) is 15.5. The minimum Gasteiger partial charge on any atom is -0.353 e. The number of piperazine rings is 1. The van der Waals surface area contributed by atoms with Gasteiger partial charge in [-0.1, -0.05) is 0 Å². The number of aromatic nitrogens is 3. The first kappa shape index (κ1) is 13.1. The molecule has 6 nitrogen and oxygen atoms in total. The van der Waals surface area contributed by atoms with Crippen LogP contribution in [-0.4, -0.2) is 55.2 Å². The van der Waals surface area contributed by atoms with Crippen LogP contribution in [0.3, 0.4) is 0 Å². The van der Waals surface area contributed by atoms with Crippen molar-refractivity contribution in [3.8, 4) is 0 Å². The Morgan fingerprint density at radius 1 is 1.05 bits per heavy atom. The quantitative estimate of drug-likeness (QED) is 0.850. The molecule has 3 heterocycles. The van der Waals surface area contributed by atoms with Gasteiger partial charge < -0.3 is 14.7 Å². The van der Waals surface area contributed by atoms with Gasteiger partial charge in [0.05, 0.1) is 0 Å². The summed E-state index contributed by atoms with van der Waals surface area (Å²) in [4.78, 5) is 19.8. The lowest BCUT2D eigenvalue weighted by Crippen LogP contribution is -2.46. The summed E-state index contributed by atoms with van der Waals surface area (Å²) in [6.45, 7) is 3.89. The fourth-order valence-corrected chi connectivity index (χ4v) is 2.93. The summed E-state index contributed by atoms with van der Waals surface area (Å²) in [5.41, 5.74) is 0. The van der Waals surface area contributed by atoms with Crippen LogP contribution in [0, 0.1) is 0 Å². The first-order chi connectivity index (χ1) is 9.74. The second kappa shape index (κ2) is 5.62. The van der Waals surface area contributed by atoms with Crippen LogP contribution in [-0.2, 0) is 0 Å². The summed E-state index contributed by atoms with van der Waals surface area (Å²) < 4.78 is 0. The summed E-state index contributed by atoms with van der Waals surface area (Å²) in [5, 5.41) is 3.14. The molecule has 1 aliphatic heterocycles. The standard InChI is InChI=1S/C13H18N6S/c1-17(2)12-14-4-3-11(16-12)18-6-8-19(9-7-18)13-15-5-10-20-13/h3-5,10H,6-9H2,1-2H3. The van der Waals surface area contributed by atoms with Crippen molar-refractivity contribution in [2.75, 3.05) is 55.0 Å². The summed E-state index contributed by atoms with van der Waals surface area (Å²) in [6.07, 6.45) is 3.69. The van der Waals surface area contributed by atoms with Gasteiger partial charge in [-0.25, -0.2) is 9.97 Å². The molecule has 0 aliphatic carbocycles. The minimum atomic E-state index is 0.754. The van der Waals surface area contributed by atoms with Crippen molar-refractivity contribution in [2.45, 2.75) is 0 Å². The highest BCUT2D eigenvalue weighted by atomic mass is 32.1. The Kier molecular flexibility index (Phi) is 3.68. The molecule has 0 aromatic carbocycles. The van der Waals surface area contributed by atoms with Gasteiger partial charge in [-0.3, -0.25) is 0 Å². The van der Waals surface area contributed by atoms with E-state index in [2.05, 4.69) is 24.8 Å². The Balaban J connectivity index is 1.67. The zero-order valence-electron chi connectivity index (χ0n) is 11.7. The smallest absolute Gasteiger partial charge is 0.226 e. The van der Waals surface area contributed by atoms with Gasteiger partial charge in [0, 0.05) is 58.0 Å². The maximum Gasteiger partial charge on any atom is 0.226 e. The lowest BCUT2D eigenvalue weighted by atomic mass is 10.3. The van der Waals surface area contributed by atoms with Crippen molar-refractivity contribution in [2.24, 2.45) is 0 Å². The Morgan fingerprint density at radius 3 is 2.45 bits per heavy atom. The van der Waals surface area contributed by atoms with Gasteiger partial charge in [-0.2, -0.15) is 4.98 Å². The molecule has 20 heavy (non-hydrogen) atoms. The van der Waals surface area contributed by atoms with Crippen LogP contribution in [0.25, 0.3) is 0 Å². The molecule has 0 bridgehead atoms. The van der Waals surface area contributed by atoms with Crippen molar-refractivity contribution < 1.29 is 0 Å². The summed E-state index contributed by atoms with van der Waals surface area (Å²) in [5.74, 6) is 1.76. The van der Waals surface area contributed by atoms with Gasteiger partial charge in [0.2, 0.25) is 5.95 Å². The van der Waals surface area contributed by atoms with Crippen LogP contribution in [0.15, 0.2) is 23.8 Å². The first-order valence-electron chi connectivity index (χ1n) is 6.64. The highest BCUT2D eigenvalue weighted by Crippen LogP contribution is 2.21. The van der Waals surface area contributed by atoms with Crippen LogP contribution in [0.2, 0.25) is 0 Å². The SMILES string of the molecule is CN(C)c1nccc(N2CCN(c3nccs3)CC2)n1. The average Bonchev–Trinajstić information content (AvgIpc) is 3.02. The van der Waals surface area contributed by atoms with E-state index in [0.717, 1.165) is 43.1 Å². The van der Waals surface area contributed by atoms with E-state index in [-0.39, 0.29) is 0 Å². The van der Waals surface area contributed by atoms with Crippen molar-refractivity contribution in [3.05, 3.63) is 23.8 Å². The largest absolute Gasteiger partial charge is 0.353 e. The van der Waals surface area contributed by atoms with Crippen LogP contribution in [0.4, 0.5) is 16.9 Å². The lowest BCUT2D eigenvalue weighted by molar-refractivity contribution is 0.645. The molecule has 3 rings (SSSR count). The van der Waals surface area contributed by atoms with Crippen LogP contribution < -0.4 is 14.7 Å². The number of nitrogens with zero attached hydrogens (tertiary/aromatic N) is 6. The molecule has 0 spiro atoms. The Labute approximate surface area is 122 Å². The van der Waals surface area contributed by atoms with Crippen molar-refractivity contribution in [1.29, 1.82) is 0 Å². The summed E-state index contributed by atoms with van der Waals surface area (Å²) in [7, 11) is 3.92. The Bertz CT molecular complexity index is 548. The molecule has 1 saturated heterocycles. The molecule has 0 N–H and O–H groups in total. The molecule has 2 aromatic heterocycles. The van der Waals surface area contributed by atoms with E-state index in [1.54, 1.807) is 11.3 Å². The van der Waals surface area contributed by atoms with Crippen molar-refractivity contribution in [3.63, 3.8) is 0 Å². The molecule has 0 radical (unpaired) electrons. The monoisotopic (exact) mass is 290 g/mol. The minimum absolute atomic E-state index is 0.754. The number of thiazole rings is 1. The molecule has 0 saturated carbocycles. The fraction of sp³-hybridized carbons (Fsp3) is 0.462. The van der Waals surface area contributed by atoms with Gasteiger partial charge >= 0.3 is 0 Å². The fourth-order valence-electron chi connectivity index (χ4n) is 2.23. The zero-order chi connectivity index (χ0) is 13.9. The summed E-state index contributed by atoms with van der Waals surface area (Å²) in [6, 6.07) is 1.98. The molecular formula is C13H18N6S. The molecule has 7 heteroatoms. The molecule has 0 amide bonds. The van der Waals surface area contributed by atoms with Gasteiger partial charge in [0.25, 0.3) is 0 Å². The molecule has 0 unspecified atom stereocenters. The van der Waals surface area contributed by atoms with Crippen molar-refractivity contribution in [1.82, 2.24) is 15.0 Å². The van der Waals surface area contributed by atoms with E-state index in [0.29, 0.717) is 0 Å². The third kappa shape index (κ3) is 2.67. The van der Waals surface area contributed by atoms with E-state index >= 15 is 0 Å². The number of hydrogen-bond donors (Lipinski definition) is 0. The number of hydrogen-bond acceptors (Lipinski definition) is 7. The van der Waals surface area contributed by atoms with Gasteiger partial charge in [0.1, 0.15) is 5.82 Å². The molecule has 1 fully saturated rings. The van der Waals surface area contributed by atoms with E-state index in [1.807, 2.05) is 42.8 Å². The van der Waals surface area contributed by atoms with Crippen LogP contribution in [0.5, 0.6) is 0 Å². The van der Waals surface area contributed by atoms with Gasteiger partial charge in [0.15, 0.2) is 5.13 Å². The van der Waals surface area contributed by atoms with E-state index in [1.165, 1.54) is 0 Å². The van der Waals surface area contributed by atoms with E-state index < -0.39 is 0 Å². The average molecular weight is 290 g/mol. The summed E-state index contributed by atoms with van der Waals surface area (Å²) >= 11 is 1.70. The topological polar surface area (TPSA) is 48.4 Å². The van der Waals surface area contributed by atoms with Crippen LogP contribution in [0.1, 0.15) is 0 Å². The molecule has 1 aliphatic rings. The van der Waals surface area contributed by atoms with Gasteiger partial charge in [-0.05, 0) is 6.07 Å². The van der Waals surface area contributed by atoms with Gasteiger partial charge in [-0.15, -0.1) is 11.3 Å². The van der Waals surface area contributed by atoms with Crippen LogP contribution >= 0.6 is 11.3 Å². The highest BCUT2D eigenvalue weighted by molar-refractivity contribution is 7.13. The maximum absolute atomic E-state index is 4.59. The van der Waals surface area contributed by atoms with E-state index in [4.69, 9.17) is 0 Å². The third-order valence-electron chi connectivity index (χ3n) is 3.32. The van der Waals surface area contributed by atoms with E-state index in [9.17, 15) is 0 Å². The Morgan fingerprint density at radius 2 is 1.80 bits per heavy atom. The first-order valence-corrected chi connectivity index (χ1v) is 7.52.